The second kappa shape index (κ2) is 5.22. The van der Waals surface area contributed by atoms with Gasteiger partial charge in [0.05, 0.1) is 17.1 Å². The van der Waals surface area contributed by atoms with Gasteiger partial charge in [0.1, 0.15) is 12.4 Å². The van der Waals surface area contributed by atoms with E-state index >= 15 is 0 Å². The highest BCUT2D eigenvalue weighted by molar-refractivity contribution is 7.93. The van der Waals surface area contributed by atoms with Gasteiger partial charge in [-0.1, -0.05) is 24.3 Å². The van der Waals surface area contributed by atoms with E-state index < -0.39 is 10.0 Å². The maximum absolute atomic E-state index is 13.5. The standard InChI is InChI=1S/C19H14N2O4S/c22-19-13-5-3-4-12-17(9-8-14(20-19)18(12)13)26(23,24)21-10-11-25-16-7-2-1-6-15(16)21/h1-9H,10-11H2,(H,20,22). The fraction of sp³-hybridized carbons (Fsp3) is 0.105. The van der Waals surface area contributed by atoms with Gasteiger partial charge < -0.3 is 10.1 Å². The molecule has 7 heteroatoms. The van der Waals surface area contributed by atoms with Gasteiger partial charge in [-0.25, -0.2) is 8.42 Å². The third-order valence-electron chi connectivity index (χ3n) is 4.75. The second-order valence-corrected chi connectivity index (χ2v) is 8.02. The van der Waals surface area contributed by atoms with Crippen LogP contribution in [0.2, 0.25) is 0 Å². The molecule has 0 aromatic heterocycles. The summed E-state index contributed by atoms with van der Waals surface area (Å²) >= 11 is 0. The molecule has 6 nitrogen and oxygen atoms in total. The van der Waals surface area contributed by atoms with Crippen molar-refractivity contribution >= 4 is 38.1 Å². The first-order valence-corrected chi connectivity index (χ1v) is 9.63. The zero-order valence-electron chi connectivity index (χ0n) is 13.6. The molecule has 0 atom stereocenters. The molecule has 0 aliphatic carbocycles. The number of hydrogen-bond donors (Lipinski definition) is 1. The monoisotopic (exact) mass is 366 g/mol. The van der Waals surface area contributed by atoms with E-state index in [2.05, 4.69) is 5.32 Å². The molecule has 0 radical (unpaired) electrons. The predicted octanol–water partition coefficient (Wildman–Crippen LogP) is 2.99. The molecule has 0 bridgehead atoms. The van der Waals surface area contributed by atoms with Crippen molar-refractivity contribution in [1.82, 2.24) is 0 Å². The lowest BCUT2D eigenvalue weighted by atomic mass is 10.1. The van der Waals surface area contributed by atoms with Crippen LogP contribution in [0, 0.1) is 0 Å². The van der Waals surface area contributed by atoms with Gasteiger partial charge in [0.25, 0.3) is 15.9 Å². The van der Waals surface area contributed by atoms with Gasteiger partial charge in [0.2, 0.25) is 0 Å². The summed E-state index contributed by atoms with van der Waals surface area (Å²) < 4.78 is 33.9. The van der Waals surface area contributed by atoms with E-state index in [0.717, 1.165) is 0 Å². The van der Waals surface area contributed by atoms with E-state index in [1.807, 2.05) is 6.07 Å². The maximum Gasteiger partial charge on any atom is 0.265 e. The predicted molar refractivity (Wildman–Crippen MR) is 98.4 cm³/mol. The summed E-state index contributed by atoms with van der Waals surface area (Å²) in [5.41, 5.74) is 1.66. The Balaban J connectivity index is 1.75. The lowest BCUT2D eigenvalue weighted by Crippen LogP contribution is -2.37. The smallest absolute Gasteiger partial charge is 0.265 e. The lowest BCUT2D eigenvalue weighted by molar-refractivity contribution is 0.103. The van der Waals surface area contributed by atoms with Crippen LogP contribution in [0.25, 0.3) is 10.8 Å². The number of anilines is 2. The van der Waals surface area contributed by atoms with Gasteiger partial charge >= 0.3 is 0 Å². The highest BCUT2D eigenvalue weighted by atomic mass is 32.2. The quantitative estimate of drug-likeness (QED) is 0.756. The zero-order valence-corrected chi connectivity index (χ0v) is 14.4. The largest absolute Gasteiger partial charge is 0.489 e. The number of benzene rings is 3. The highest BCUT2D eigenvalue weighted by Crippen LogP contribution is 2.40. The van der Waals surface area contributed by atoms with Crippen molar-refractivity contribution in [2.45, 2.75) is 4.90 Å². The Morgan fingerprint density at radius 2 is 1.85 bits per heavy atom. The Labute approximate surface area is 150 Å². The van der Waals surface area contributed by atoms with Crippen LogP contribution in [0.1, 0.15) is 10.4 Å². The summed E-state index contributed by atoms with van der Waals surface area (Å²) in [6.07, 6.45) is 0. The normalized spacial score (nSPS) is 15.5. The summed E-state index contributed by atoms with van der Waals surface area (Å²) in [7, 11) is -3.81. The lowest BCUT2D eigenvalue weighted by Gasteiger charge is -2.30. The number of carbonyl (C=O) groups excluding carboxylic acids is 1. The third kappa shape index (κ3) is 1.97. The summed E-state index contributed by atoms with van der Waals surface area (Å²) in [6, 6.07) is 15.4. The number of nitrogens with one attached hydrogen (secondary N) is 1. The Morgan fingerprint density at radius 1 is 1.00 bits per heavy atom. The van der Waals surface area contributed by atoms with Crippen molar-refractivity contribution in [1.29, 1.82) is 0 Å². The third-order valence-corrected chi connectivity index (χ3v) is 6.62. The minimum absolute atomic E-state index is 0.186. The summed E-state index contributed by atoms with van der Waals surface area (Å²) in [4.78, 5) is 12.3. The average Bonchev–Trinajstić information content (AvgIpc) is 2.99. The van der Waals surface area contributed by atoms with Gasteiger partial charge in [-0.2, -0.15) is 0 Å². The molecule has 0 fully saturated rings. The number of ether oxygens (including phenoxy) is 1. The Morgan fingerprint density at radius 3 is 2.73 bits per heavy atom. The second-order valence-electron chi connectivity index (χ2n) is 6.19. The summed E-state index contributed by atoms with van der Waals surface area (Å²) in [5.74, 6) is 0.335. The van der Waals surface area contributed by atoms with Crippen molar-refractivity contribution in [3.63, 3.8) is 0 Å². The molecule has 2 aliphatic rings. The SMILES string of the molecule is O=C1Nc2ccc(S(=O)(=O)N3CCOc4ccccc43)c3cccc1c23. The minimum Gasteiger partial charge on any atom is -0.489 e. The molecule has 0 saturated heterocycles. The molecule has 0 unspecified atom stereocenters. The Kier molecular flexibility index (Phi) is 3.05. The minimum atomic E-state index is -3.81. The average molecular weight is 366 g/mol. The number of rotatable bonds is 2. The van der Waals surface area contributed by atoms with Crippen LogP contribution >= 0.6 is 0 Å². The zero-order chi connectivity index (χ0) is 17.9. The van der Waals surface area contributed by atoms with Crippen molar-refractivity contribution in [3.05, 3.63) is 60.2 Å². The molecule has 1 N–H and O–H groups in total. The van der Waals surface area contributed by atoms with E-state index in [1.54, 1.807) is 48.5 Å². The molecule has 1 amide bonds. The highest BCUT2D eigenvalue weighted by Gasteiger charge is 2.33. The molecule has 3 aromatic carbocycles. The molecule has 26 heavy (non-hydrogen) atoms. The van der Waals surface area contributed by atoms with Crippen LogP contribution in [-0.2, 0) is 10.0 Å². The number of carbonyl (C=O) groups is 1. The van der Waals surface area contributed by atoms with Crippen molar-refractivity contribution in [2.24, 2.45) is 0 Å². The molecular formula is C19H14N2O4S. The first-order valence-electron chi connectivity index (χ1n) is 8.19. The fourth-order valence-corrected chi connectivity index (χ4v) is 5.25. The Bertz CT molecular complexity index is 1190. The number of amides is 1. The van der Waals surface area contributed by atoms with Crippen molar-refractivity contribution in [3.8, 4) is 5.75 Å². The van der Waals surface area contributed by atoms with Gasteiger partial charge in [-0.15, -0.1) is 0 Å². The number of nitrogens with zero attached hydrogens (tertiary/aromatic N) is 1. The van der Waals surface area contributed by atoms with Crippen molar-refractivity contribution < 1.29 is 17.9 Å². The molecule has 0 saturated carbocycles. The van der Waals surface area contributed by atoms with E-state index in [4.69, 9.17) is 4.74 Å². The van der Waals surface area contributed by atoms with Crippen LogP contribution in [0.5, 0.6) is 5.75 Å². The van der Waals surface area contributed by atoms with Crippen molar-refractivity contribution in [2.75, 3.05) is 22.8 Å². The molecule has 3 aromatic rings. The first kappa shape index (κ1) is 15.2. The maximum atomic E-state index is 13.5. The van der Waals surface area contributed by atoms with E-state index in [-0.39, 0.29) is 24.0 Å². The van der Waals surface area contributed by atoms with Crippen LogP contribution < -0.4 is 14.4 Å². The van der Waals surface area contributed by atoms with E-state index in [0.29, 0.717) is 33.5 Å². The van der Waals surface area contributed by atoms with Crippen LogP contribution in [0.4, 0.5) is 11.4 Å². The van der Waals surface area contributed by atoms with E-state index in [9.17, 15) is 13.2 Å². The summed E-state index contributed by atoms with van der Waals surface area (Å²) in [6.45, 7) is 0.525. The van der Waals surface area contributed by atoms with Gasteiger partial charge in [0, 0.05) is 22.0 Å². The topological polar surface area (TPSA) is 75.7 Å². The van der Waals surface area contributed by atoms with E-state index in [1.165, 1.54) is 4.31 Å². The molecule has 2 aliphatic heterocycles. The van der Waals surface area contributed by atoms with Gasteiger partial charge in [-0.05, 0) is 30.3 Å². The number of sulfonamides is 1. The van der Waals surface area contributed by atoms with Crippen LogP contribution in [0.3, 0.4) is 0 Å². The number of hydrogen-bond acceptors (Lipinski definition) is 4. The number of fused-ring (bicyclic) bond motifs is 1. The molecule has 5 rings (SSSR count). The molecular weight excluding hydrogens is 352 g/mol. The first-order chi connectivity index (χ1) is 12.6. The molecule has 0 spiro atoms. The van der Waals surface area contributed by atoms with Gasteiger partial charge in [-0.3, -0.25) is 9.10 Å². The molecule has 2 heterocycles. The van der Waals surface area contributed by atoms with Gasteiger partial charge in [0.15, 0.2) is 0 Å². The van der Waals surface area contributed by atoms with Crippen LogP contribution in [0.15, 0.2) is 59.5 Å². The Hall–Kier alpha value is -3.06. The van der Waals surface area contributed by atoms with Crippen LogP contribution in [-0.4, -0.2) is 27.5 Å². The number of para-hydroxylation sites is 2. The fourth-order valence-electron chi connectivity index (χ4n) is 3.60. The molecule has 130 valence electrons. The summed E-state index contributed by atoms with van der Waals surface area (Å²) in [5, 5.41) is 3.97.